The predicted octanol–water partition coefficient (Wildman–Crippen LogP) is 1.60. The molecule has 3 rings (SSSR count). The summed E-state index contributed by atoms with van der Waals surface area (Å²) >= 11 is 1.20. The fourth-order valence-corrected chi connectivity index (χ4v) is 5.61. The number of rotatable bonds is 5. The lowest BCUT2D eigenvalue weighted by molar-refractivity contribution is -0.127. The van der Waals surface area contributed by atoms with Gasteiger partial charge in [-0.05, 0) is 30.9 Å². The highest BCUT2D eigenvalue weighted by atomic mass is 32.2. The number of hydrogen-bond acceptors (Lipinski definition) is 5. The van der Waals surface area contributed by atoms with Gasteiger partial charge in [0.25, 0.3) is 0 Å². The molecule has 2 atom stereocenters. The molecule has 1 fully saturated rings. The largest absolute Gasteiger partial charge is 0.338 e. The van der Waals surface area contributed by atoms with E-state index >= 15 is 0 Å². The molecule has 7 nitrogen and oxygen atoms in total. The standard InChI is InChI=1S/C16H22N4O3S2/c1-10-5-15(24-9-10)25(22,23)18-7-12-6-14(21)19(3)16(12)13-8-17-20(4)11(13)2/h5,8-9,12,16,18H,6-7H2,1-4H3/t12-,16+/m0/s1. The number of sulfonamides is 1. The number of aryl methyl sites for hydroxylation is 2. The van der Waals surface area contributed by atoms with Crippen molar-refractivity contribution in [3.8, 4) is 0 Å². The van der Waals surface area contributed by atoms with Crippen LogP contribution in [0.25, 0.3) is 0 Å². The Balaban J connectivity index is 1.81. The molecule has 0 radical (unpaired) electrons. The summed E-state index contributed by atoms with van der Waals surface area (Å²) in [5, 5.41) is 6.06. The van der Waals surface area contributed by atoms with Gasteiger partial charge < -0.3 is 4.90 Å². The Bertz CT molecular complexity index is 900. The van der Waals surface area contributed by atoms with E-state index in [4.69, 9.17) is 0 Å². The van der Waals surface area contributed by atoms with Crippen molar-refractivity contribution in [3.63, 3.8) is 0 Å². The van der Waals surface area contributed by atoms with Gasteiger partial charge in [-0.3, -0.25) is 9.48 Å². The van der Waals surface area contributed by atoms with E-state index in [-0.39, 0.29) is 24.4 Å². The molecule has 9 heteroatoms. The van der Waals surface area contributed by atoms with Crippen LogP contribution < -0.4 is 4.72 Å². The van der Waals surface area contributed by atoms with Gasteiger partial charge >= 0.3 is 0 Å². The molecule has 1 aliphatic rings. The maximum atomic E-state index is 12.5. The van der Waals surface area contributed by atoms with Crippen LogP contribution in [-0.2, 0) is 21.9 Å². The first-order valence-electron chi connectivity index (χ1n) is 7.99. The zero-order valence-electron chi connectivity index (χ0n) is 14.7. The lowest BCUT2D eigenvalue weighted by Gasteiger charge is -2.25. The molecule has 1 amide bonds. The molecule has 2 aromatic rings. The molecule has 2 aromatic heterocycles. The van der Waals surface area contributed by atoms with Gasteiger partial charge in [-0.25, -0.2) is 13.1 Å². The summed E-state index contributed by atoms with van der Waals surface area (Å²) in [6.45, 7) is 4.03. The van der Waals surface area contributed by atoms with Crippen LogP contribution in [0.2, 0.25) is 0 Å². The third-order valence-corrected chi connectivity index (χ3v) is 7.77. The second-order valence-electron chi connectivity index (χ2n) is 6.52. The fraction of sp³-hybridized carbons (Fsp3) is 0.500. The van der Waals surface area contributed by atoms with Gasteiger partial charge in [0, 0.05) is 44.2 Å². The number of nitrogens with one attached hydrogen (secondary N) is 1. The van der Waals surface area contributed by atoms with Crippen molar-refractivity contribution in [2.45, 2.75) is 30.5 Å². The molecular formula is C16H22N4O3S2. The topological polar surface area (TPSA) is 84.3 Å². The summed E-state index contributed by atoms with van der Waals surface area (Å²) in [4.78, 5) is 13.9. The van der Waals surface area contributed by atoms with Crippen molar-refractivity contribution in [2.24, 2.45) is 13.0 Å². The molecule has 0 aliphatic carbocycles. The van der Waals surface area contributed by atoms with Gasteiger partial charge in [0.15, 0.2) is 0 Å². The van der Waals surface area contributed by atoms with Crippen molar-refractivity contribution >= 4 is 27.3 Å². The summed E-state index contributed by atoms with van der Waals surface area (Å²) in [6, 6.07) is 1.48. The van der Waals surface area contributed by atoms with Gasteiger partial charge in [0.1, 0.15) is 4.21 Å². The molecule has 136 valence electrons. The molecular weight excluding hydrogens is 360 g/mol. The molecule has 0 saturated carbocycles. The van der Waals surface area contributed by atoms with E-state index < -0.39 is 10.0 Å². The SMILES string of the molecule is Cc1csc(S(=O)(=O)NC[C@@H]2CC(=O)N(C)[C@H]2c2cnn(C)c2C)c1. The van der Waals surface area contributed by atoms with Crippen LogP contribution in [0.4, 0.5) is 0 Å². The Kier molecular flexibility index (Phi) is 4.74. The Morgan fingerprint density at radius 2 is 2.08 bits per heavy atom. The van der Waals surface area contributed by atoms with Crippen LogP contribution >= 0.6 is 11.3 Å². The molecule has 0 spiro atoms. The molecule has 1 N–H and O–H groups in total. The highest BCUT2D eigenvalue weighted by Gasteiger charge is 2.40. The summed E-state index contributed by atoms with van der Waals surface area (Å²) in [6.07, 6.45) is 2.08. The first-order chi connectivity index (χ1) is 11.7. The number of hydrogen-bond donors (Lipinski definition) is 1. The Labute approximate surface area is 151 Å². The molecule has 0 bridgehead atoms. The van der Waals surface area contributed by atoms with E-state index in [9.17, 15) is 13.2 Å². The minimum atomic E-state index is -3.55. The number of amides is 1. The van der Waals surface area contributed by atoms with Gasteiger partial charge in [0.2, 0.25) is 15.9 Å². The van der Waals surface area contributed by atoms with Crippen LogP contribution in [0.5, 0.6) is 0 Å². The van der Waals surface area contributed by atoms with Gasteiger partial charge in [-0.1, -0.05) is 0 Å². The van der Waals surface area contributed by atoms with Crippen LogP contribution in [0.1, 0.15) is 29.3 Å². The predicted molar refractivity (Wildman–Crippen MR) is 95.8 cm³/mol. The second-order valence-corrected chi connectivity index (χ2v) is 9.42. The fourth-order valence-electron chi connectivity index (χ4n) is 3.24. The minimum Gasteiger partial charge on any atom is -0.338 e. The third-order valence-electron chi connectivity index (χ3n) is 4.79. The van der Waals surface area contributed by atoms with E-state index in [2.05, 4.69) is 9.82 Å². The highest BCUT2D eigenvalue weighted by Crippen LogP contribution is 2.38. The minimum absolute atomic E-state index is 0.0180. The summed E-state index contributed by atoms with van der Waals surface area (Å²) in [7, 11) is 0.0596. The average Bonchev–Trinajstić information content (AvgIpc) is 3.20. The Hall–Kier alpha value is -1.71. The zero-order chi connectivity index (χ0) is 18.4. The monoisotopic (exact) mass is 382 g/mol. The molecule has 0 aromatic carbocycles. The molecule has 3 heterocycles. The highest BCUT2D eigenvalue weighted by molar-refractivity contribution is 7.91. The molecule has 1 aliphatic heterocycles. The quantitative estimate of drug-likeness (QED) is 0.851. The summed E-state index contributed by atoms with van der Waals surface area (Å²) in [5.74, 6) is -0.111. The Morgan fingerprint density at radius 1 is 1.36 bits per heavy atom. The first kappa shape index (κ1) is 18.1. The van der Waals surface area contributed by atoms with Gasteiger partial charge in [0.05, 0.1) is 12.2 Å². The van der Waals surface area contributed by atoms with E-state index in [1.54, 1.807) is 28.9 Å². The number of nitrogens with zero attached hydrogens (tertiary/aromatic N) is 3. The molecule has 0 unspecified atom stereocenters. The smallest absolute Gasteiger partial charge is 0.250 e. The second kappa shape index (κ2) is 6.54. The first-order valence-corrected chi connectivity index (χ1v) is 10.4. The zero-order valence-corrected chi connectivity index (χ0v) is 16.3. The maximum absolute atomic E-state index is 12.5. The van der Waals surface area contributed by atoms with E-state index in [0.717, 1.165) is 16.8 Å². The van der Waals surface area contributed by atoms with Crippen molar-refractivity contribution in [1.82, 2.24) is 19.4 Å². The van der Waals surface area contributed by atoms with Crippen LogP contribution in [0.3, 0.4) is 0 Å². The lowest BCUT2D eigenvalue weighted by Crippen LogP contribution is -2.32. The van der Waals surface area contributed by atoms with E-state index in [1.807, 2.05) is 26.3 Å². The lowest BCUT2D eigenvalue weighted by atomic mass is 9.94. The van der Waals surface area contributed by atoms with Crippen molar-refractivity contribution in [3.05, 3.63) is 34.5 Å². The molecule has 25 heavy (non-hydrogen) atoms. The van der Waals surface area contributed by atoms with Crippen molar-refractivity contribution in [2.75, 3.05) is 13.6 Å². The van der Waals surface area contributed by atoms with Crippen molar-refractivity contribution in [1.29, 1.82) is 0 Å². The van der Waals surface area contributed by atoms with E-state index in [0.29, 0.717) is 10.6 Å². The van der Waals surface area contributed by atoms with E-state index in [1.165, 1.54) is 11.3 Å². The number of carbonyl (C=O) groups excluding carboxylic acids is 1. The Morgan fingerprint density at radius 3 is 2.64 bits per heavy atom. The average molecular weight is 383 g/mol. The van der Waals surface area contributed by atoms with Crippen LogP contribution in [-0.4, -0.2) is 42.6 Å². The number of aromatic nitrogens is 2. The summed E-state index contributed by atoms with van der Waals surface area (Å²) < 4.78 is 29.7. The van der Waals surface area contributed by atoms with Crippen LogP contribution in [0.15, 0.2) is 21.9 Å². The molecule has 1 saturated heterocycles. The van der Waals surface area contributed by atoms with Gasteiger partial charge in [-0.2, -0.15) is 5.10 Å². The van der Waals surface area contributed by atoms with Crippen LogP contribution in [0, 0.1) is 19.8 Å². The van der Waals surface area contributed by atoms with Gasteiger partial charge in [-0.15, -0.1) is 11.3 Å². The summed E-state index contributed by atoms with van der Waals surface area (Å²) in [5.41, 5.74) is 2.87. The normalized spacial score (nSPS) is 21.3. The number of carbonyl (C=O) groups is 1. The number of thiophene rings is 1. The number of likely N-dealkylation sites (tertiary alicyclic amines) is 1. The maximum Gasteiger partial charge on any atom is 0.250 e. The third kappa shape index (κ3) is 3.36. The van der Waals surface area contributed by atoms with Crippen molar-refractivity contribution < 1.29 is 13.2 Å².